The molecular weight excluding hydrogens is 232 g/mol. The van der Waals surface area contributed by atoms with Gasteiger partial charge < -0.3 is 15.3 Å². The molecule has 1 aliphatic heterocycles. The van der Waals surface area contributed by atoms with Gasteiger partial charge in [-0.2, -0.15) is 0 Å². The summed E-state index contributed by atoms with van der Waals surface area (Å²) in [5, 5.41) is 12.0. The molecule has 0 spiro atoms. The predicted octanol–water partition coefficient (Wildman–Crippen LogP) is 1.68. The number of aliphatic carboxylic acids is 1. The van der Waals surface area contributed by atoms with E-state index in [9.17, 15) is 9.59 Å². The van der Waals surface area contributed by atoms with Crippen LogP contribution in [0.2, 0.25) is 0 Å². The number of nitrogens with one attached hydrogen (secondary N) is 1. The monoisotopic (exact) mass is 254 g/mol. The van der Waals surface area contributed by atoms with Crippen LogP contribution in [0.3, 0.4) is 0 Å². The molecule has 2 amide bonds. The summed E-state index contributed by atoms with van der Waals surface area (Å²) >= 11 is 0. The van der Waals surface area contributed by atoms with Crippen molar-refractivity contribution in [2.24, 2.45) is 11.8 Å². The van der Waals surface area contributed by atoms with E-state index in [1.165, 1.54) is 12.8 Å². The molecule has 2 N–H and O–H groups in total. The lowest BCUT2D eigenvalue weighted by atomic mass is 10.0. The number of carbonyl (C=O) groups is 2. The van der Waals surface area contributed by atoms with Crippen molar-refractivity contribution in [2.75, 3.05) is 13.1 Å². The van der Waals surface area contributed by atoms with Gasteiger partial charge in [-0.3, -0.25) is 4.79 Å². The van der Waals surface area contributed by atoms with Gasteiger partial charge in [-0.25, -0.2) is 4.79 Å². The van der Waals surface area contributed by atoms with Crippen LogP contribution in [0.25, 0.3) is 0 Å². The number of likely N-dealkylation sites (tertiary alicyclic amines) is 1. The summed E-state index contributed by atoms with van der Waals surface area (Å²) in [6.07, 6.45) is 5.11. The molecule has 1 aliphatic carbocycles. The molecule has 3 atom stereocenters. The van der Waals surface area contributed by atoms with E-state index in [0.29, 0.717) is 25.4 Å². The Morgan fingerprint density at radius 1 is 1.33 bits per heavy atom. The number of hydrogen-bond donors (Lipinski definition) is 2. The SMILES string of the molecule is CCC1CCCC1NC(=O)N1CCC(C(=O)O)C1. The highest BCUT2D eigenvalue weighted by Gasteiger charge is 2.33. The van der Waals surface area contributed by atoms with Crippen molar-refractivity contribution in [3.63, 3.8) is 0 Å². The summed E-state index contributed by atoms with van der Waals surface area (Å²) in [4.78, 5) is 24.5. The highest BCUT2D eigenvalue weighted by Crippen LogP contribution is 2.28. The van der Waals surface area contributed by atoms with Gasteiger partial charge >= 0.3 is 12.0 Å². The Kier molecular flexibility index (Phi) is 4.09. The van der Waals surface area contributed by atoms with E-state index in [0.717, 1.165) is 12.8 Å². The van der Waals surface area contributed by atoms with E-state index in [4.69, 9.17) is 5.11 Å². The first kappa shape index (κ1) is 13.2. The fraction of sp³-hybridized carbons (Fsp3) is 0.846. The van der Waals surface area contributed by atoms with Gasteiger partial charge in [0.05, 0.1) is 5.92 Å². The third kappa shape index (κ3) is 2.76. The normalized spacial score (nSPS) is 31.6. The lowest BCUT2D eigenvalue weighted by Gasteiger charge is -2.24. The second-order valence-electron chi connectivity index (χ2n) is 5.43. The number of nitrogens with zero attached hydrogens (tertiary/aromatic N) is 1. The van der Waals surface area contributed by atoms with Crippen LogP contribution in [-0.2, 0) is 4.79 Å². The fourth-order valence-electron chi connectivity index (χ4n) is 3.11. The van der Waals surface area contributed by atoms with Crippen molar-refractivity contribution >= 4 is 12.0 Å². The van der Waals surface area contributed by atoms with Crippen molar-refractivity contribution in [1.29, 1.82) is 0 Å². The molecule has 3 unspecified atom stereocenters. The van der Waals surface area contributed by atoms with E-state index in [1.54, 1.807) is 4.90 Å². The van der Waals surface area contributed by atoms with Crippen molar-refractivity contribution in [2.45, 2.75) is 45.1 Å². The van der Waals surface area contributed by atoms with Crippen molar-refractivity contribution in [3.05, 3.63) is 0 Å². The quantitative estimate of drug-likeness (QED) is 0.805. The smallest absolute Gasteiger partial charge is 0.317 e. The zero-order valence-corrected chi connectivity index (χ0v) is 10.9. The van der Waals surface area contributed by atoms with Crippen molar-refractivity contribution in [1.82, 2.24) is 10.2 Å². The maximum Gasteiger partial charge on any atom is 0.317 e. The number of carboxylic acids is 1. The van der Waals surface area contributed by atoms with E-state index >= 15 is 0 Å². The van der Waals surface area contributed by atoms with Crippen LogP contribution < -0.4 is 5.32 Å². The number of carbonyl (C=O) groups excluding carboxylic acids is 1. The first-order valence-corrected chi connectivity index (χ1v) is 6.90. The molecule has 1 saturated carbocycles. The Hall–Kier alpha value is -1.26. The Bertz CT molecular complexity index is 332. The molecule has 5 nitrogen and oxygen atoms in total. The van der Waals surface area contributed by atoms with Gasteiger partial charge in [0.25, 0.3) is 0 Å². The second-order valence-corrected chi connectivity index (χ2v) is 5.43. The maximum atomic E-state index is 12.1. The molecule has 18 heavy (non-hydrogen) atoms. The molecule has 0 aromatic rings. The van der Waals surface area contributed by atoms with Crippen LogP contribution in [-0.4, -0.2) is 41.1 Å². The molecule has 5 heteroatoms. The van der Waals surface area contributed by atoms with E-state index in [-0.39, 0.29) is 18.0 Å². The van der Waals surface area contributed by atoms with Crippen LogP contribution in [0.1, 0.15) is 39.0 Å². The summed E-state index contributed by atoms with van der Waals surface area (Å²) in [6.45, 7) is 3.07. The van der Waals surface area contributed by atoms with E-state index in [2.05, 4.69) is 12.2 Å². The van der Waals surface area contributed by atoms with Crippen LogP contribution in [0.4, 0.5) is 4.79 Å². The van der Waals surface area contributed by atoms with Crippen molar-refractivity contribution in [3.8, 4) is 0 Å². The molecule has 2 aliphatic rings. The summed E-state index contributed by atoms with van der Waals surface area (Å²) < 4.78 is 0. The minimum Gasteiger partial charge on any atom is -0.481 e. The number of rotatable bonds is 3. The summed E-state index contributed by atoms with van der Waals surface area (Å²) in [5.41, 5.74) is 0. The molecule has 1 heterocycles. The third-order valence-electron chi connectivity index (χ3n) is 4.32. The fourth-order valence-corrected chi connectivity index (χ4v) is 3.11. The average molecular weight is 254 g/mol. The van der Waals surface area contributed by atoms with Gasteiger partial charge in [-0.15, -0.1) is 0 Å². The zero-order chi connectivity index (χ0) is 13.1. The maximum absolute atomic E-state index is 12.1. The molecular formula is C13H22N2O3. The van der Waals surface area contributed by atoms with Gasteiger partial charge in [0.1, 0.15) is 0 Å². The number of carboxylic acid groups (broad SMARTS) is 1. The Labute approximate surface area is 108 Å². The van der Waals surface area contributed by atoms with Gasteiger partial charge in [-0.1, -0.05) is 19.8 Å². The van der Waals surface area contributed by atoms with E-state index < -0.39 is 5.97 Å². The third-order valence-corrected chi connectivity index (χ3v) is 4.32. The molecule has 102 valence electrons. The Balaban J connectivity index is 1.83. The van der Waals surface area contributed by atoms with Crippen molar-refractivity contribution < 1.29 is 14.7 Å². The highest BCUT2D eigenvalue weighted by molar-refractivity contribution is 5.77. The summed E-state index contributed by atoms with van der Waals surface area (Å²) in [6, 6.07) is 0.204. The number of urea groups is 1. The Morgan fingerprint density at radius 2 is 2.11 bits per heavy atom. The summed E-state index contributed by atoms with van der Waals surface area (Å²) in [7, 11) is 0. The molecule has 0 bridgehead atoms. The topological polar surface area (TPSA) is 69.6 Å². The van der Waals surface area contributed by atoms with Crippen LogP contribution in [0, 0.1) is 11.8 Å². The first-order valence-electron chi connectivity index (χ1n) is 6.90. The number of hydrogen-bond acceptors (Lipinski definition) is 2. The summed E-state index contributed by atoms with van der Waals surface area (Å²) in [5.74, 6) is -0.592. The van der Waals surface area contributed by atoms with Gasteiger partial charge in [-0.05, 0) is 25.2 Å². The zero-order valence-electron chi connectivity index (χ0n) is 10.9. The minimum atomic E-state index is -0.794. The first-order chi connectivity index (χ1) is 8.61. The molecule has 0 radical (unpaired) electrons. The van der Waals surface area contributed by atoms with Crippen LogP contribution in [0.15, 0.2) is 0 Å². The molecule has 0 aromatic heterocycles. The standard InChI is InChI=1S/C13H22N2O3/c1-2-9-4-3-5-11(9)14-13(18)15-7-6-10(8-15)12(16)17/h9-11H,2-8H2,1H3,(H,14,18)(H,16,17). The molecule has 2 fully saturated rings. The number of amides is 2. The molecule has 1 saturated heterocycles. The van der Waals surface area contributed by atoms with Gasteiger partial charge in [0.15, 0.2) is 0 Å². The largest absolute Gasteiger partial charge is 0.481 e. The lowest BCUT2D eigenvalue weighted by Crippen LogP contribution is -2.45. The molecule has 0 aromatic carbocycles. The minimum absolute atomic E-state index is 0.0795. The van der Waals surface area contributed by atoms with Gasteiger partial charge in [0.2, 0.25) is 0 Å². The highest BCUT2D eigenvalue weighted by atomic mass is 16.4. The van der Waals surface area contributed by atoms with Gasteiger partial charge in [0, 0.05) is 19.1 Å². The Morgan fingerprint density at radius 3 is 2.72 bits per heavy atom. The lowest BCUT2D eigenvalue weighted by molar-refractivity contribution is -0.141. The predicted molar refractivity (Wildman–Crippen MR) is 67.3 cm³/mol. The second kappa shape index (κ2) is 5.59. The van der Waals surface area contributed by atoms with Crippen LogP contribution in [0.5, 0.6) is 0 Å². The van der Waals surface area contributed by atoms with Crippen LogP contribution >= 0.6 is 0 Å². The van der Waals surface area contributed by atoms with E-state index in [1.807, 2.05) is 0 Å². The average Bonchev–Trinajstić information content (AvgIpc) is 2.96. The molecule has 2 rings (SSSR count).